The molecule has 0 aliphatic rings. The average Bonchev–Trinajstić information content (AvgIpc) is 2.47. The van der Waals surface area contributed by atoms with E-state index in [1.54, 1.807) is 38.2 Å². The lowest BCUT2D eigenvalue weighted by Crippen LogP contribution is -2.12. The van der Waals surface area contributed by atoms with Crippen molar-refractivity contribution in [2.45, 2.75) is 19.8 Å². The summed E-state index contributed by atoms with van der Waals surface area (Å²) in [5, 5.41) is 10.8. The SMILES string of the molecule is Cc1ccc([N+](=O)[O-])cc1C(=O)C(C)c1ccccn1. The lowest BCUT2D eigenvalue weighted by atomic mass is 9.93. The van der Waals surface area contributed by atoms with Crippen molar-refractivity contribution < 1.29 is 9.72 Å². The summed E-state index contributed by atoms with van der Waals surface area (Å²) < 4.78 is 0. The molecule has 0 amide bonds. The van der Waals surface area contributed by atoms with Crippen LogP contribution in [0.5, 0.6) is 0 Å². The Morgan fingerprint density at radius 2 is 2.05 bits per heavy atom. The fraction of sp³-hybridized carbons (Fsp3) is 0.200. The van der Waals surface area contributed by atoms with Crippen molar-refractivity contribution in [3.63, 3.8) is 0 Å². The zero-order valence-corrected chi connectivity index (χ0v) is 11.2. The van der Waals surface area contributed by atoms with E-state index in [4.69, 9.17) is 0 Å². The summed E-state index contributed by atoms with van der Waals surface area (Å²) in [7, 11) is 0. The van der Waals surface area contributed by atoms with Crippen LogP contribution in [0.3, 0.4) is 0 Å². The number of nitro groups is 1. The number of non-ortho nitro benzene ring substituents is 1. The molecule has 0 bridgehead atoms. The Bertz CT molecular complexity index is 653. The number of hydrogen-bond donors (Lipinski definition) is 0. The minimum atomic E-state index is -0.498. The fourth-order valence-electron chi connectivity index (χ4n) is 1.99. The van der Waals surface area contributed by atoms with Crippen LogP contribution in [0, 0.1) is 17.0 Å². The molecule has 2 rings (SSSR count). The van der Waals surface area contributed by atoms with Crippen molar-refractivity contribution in [2.75, 3.05) is 0 Å². The molecule has 1 unspecified atom stereocenters. The van der Waals surface area contributed by atoms with Gasteiger partial charge in [-0.3, -0.25) is 19.9 Å². The van der Waals surface area contributed by atoms with Gasteiger partial charge in [0, 0.05) is 23.9 Å². The van der Waals surface area contributed by atoms with Gasteiger partial charge in [0.2, 0.25) is 0 Å². The highest BCUT2D eigenvalue weighted by molar-refractivity contribution is 6.02. The molecule has 0 aliphatic heterocycles. The average molecular weight is 270 g/mol. The van der Waals surface area contributed by atoms with Crippen LogP contribution < -0.4 is 0 Å². The van der Waals surface area contributed by atoms with E-state index in [0.717, 1.165) is 5.56 Å². The first-order valence-corrected chi connectivity index (χ1v) is 6.21. The lowest BCUT2D eigenvalue weighted by Gasteiger charge is -2.11. The standard InChI is InChI=1S/C15H14N2O3/c1-10-6-7-12(17(19)20)9-13(10)15(18)11(2)14-5-3-4-8-16-14/h3-9,11H,1-2H3. The third-order valence-corrected chi connectivity index (χ3v) is 3.22. The third-order valence-electron chi connectivity index (χ3n) is 3.22. The summed E-state index contributed by atoms with van der Waals surface area (Å²) in [6.07, 6.45) is 1.62. The van der Waals surface area contributed by atoms with E-state index < -0.39 is 10.8 Å². The number of nitro benzene ring substituents is 1. The van der Waals surface area contributed by atoms with Crippen molar-refractivity contribution in [3.8, 4) is 0 Å². The largest absolute Gasteiger partial charge is 0.293 e. The zero-order valence-electron chi connectivity index (χ0n) is 11.2. The molecule has 5 heteroatoms. The minimum Gasteiger partial charge on any atom is -0.293 e. The first-order chi connectivity index (χ1) is 9.50. The van der Waals surface area contributed by atoms with Crippen LogP contribution in [-0.4, -0.2) is 15.7 Å². The summed E-state index contributed by atoms with van der Waals surface area (Å²) in [6, 6.07) is 9.69. The van der Waals surface area contributed by atoms with Crippen LogP contribution in [0.4, 0.5) is 5.69 Å². The zero-order chi connectivity index (χ0) is 14.7. The number of Topliss-reactive ketones (excluding diaryl/α,β-unsaturated/α-hetero) is 1. The Kier molecular flexibility index (Phi) is 3.89. The number of carbonyl (C=O) groups excluding carboxylic acids is 1. The van der Waals surface area contributed by atoms with Crippen molar-refractivity contribution in [3.05, 3.63) is 69.5 Å². The highest BCUT2D eigenvalue weighted by atomic mass is 16.6. The molecule has 102 valence electrons. The van der Waals surface area contributed by atoms with E-state index in [-0.39, 0.29) is 11.5 Å². The molecule has 1 aromatic carbocycles. The molecule has 0 aliphatic carbocycles. The second-order valence-corrected chi connectivity index (χ2v) is 4.60. The van der Waals surface area contributed by atoms with E-state index in [1.807, 2.05) is 6.07 Å². The molecule has 20 heavy (non-hydrogen) atoms. The van der Waals surface area contributed by atoms with Gasteiger partial charge in [0.1, 0.15) is 0 Å². The van der Waals surface area contributed by atoms with Gasteiger partial charge >= 0.3 is 0 Å². The van der Waals surface area contributed by atoms with Crippen LogP contribution in [0.2, 0.25) is 0 Å². The normalized spacial score (nSPS) is 11.9. The predicted octanol–water partition coefficient (Wildman–Crippen LogP) is 3.28. The van der Waals surface area contributed by atoms with Gasteiger partial charge in [-0.05, 0) is 31.5 Å². The van der Waals surface area contributed by atoms with Crippen LogP contribution in [-0.2, 0) is 0 Å². The van der Waals surface area contributed by atoms with Crippen LogP contribution >= 0.6 is 0 Å². The maximum absolute atomic E-state index is 12.5. The van der Waals surface area contributed by atoms with E-state index in [1.165, 1.54) is 12.1 Å². The van der Waals surface area contributed by atoms with Gasteiger partial charge in [-0.1, -0.05) is 12.1 Å². The van der Waals surface area contributed by atoms with E-state index in [9.17, 15) is 14.9 Å². The Morgan fingerprint density at radius 1 is 1.30 bits per heavy atom. The first kappa shape index (κ1) is 13.9. The minimum absolute atomic E-state index is 0.0767. The van der Waals surface area contributed by atoms with Gasteiger partial charge in [-0.15, -0.1) is 0 Å². The number of ketones is 1. The number of benzene rings is 1. The van der Waals surface area contributed by atoms with E-state index in [0.29, 0.717) is 11.3 Å². The Hall–Kier alpha value is -2.56. The number of aromatic nitrogens is 1. The Balaban J connectivity index is 2.38. The second-order valence-electron chi connectivity index (χ2n) is 4.60. The van der Waals surface area contributed by atoms with Gasteiger partial charge in [0.05, 0.1) is 16.5 Å². The molecule has 0 fully saturated rings. The first-order valence-electron chi connectivity index (χ1n) is 6.21. The summed E-state index contributed by atoms with van der Waals surface area (Å²) in [6.45, 7) is 3.52. The van der Waals surface area contributed by atoms with E-state index >= 15 is 0 Å². The molecule has 5 nitrogen and oxygen atoms in total. The topological polar surface area (TPSA) is 73.1 Å². The number of rotatable bonds is 4. The second kappa shape index (κ2) is 5.61. The molecule has 0 spiro atoms. The third kappa shape index (κ3) is 2.71. The van der Waals surface area contributed by atoms with Crippen molar-refractivity contribution in [1.82, 2.24) is 4.98 Å². The van der Waals surface area contributed by atoms with Gasteiger partial charge in [-0.2, -0.15) is 0 Å². The van der Waals surface area contributed by atoms with Gasteiger partial charge < -0.3 is 0 Å². The number of pyridine rings is 1. The molecule has 1 aromatic heterocycles. The van der Waals surface area contributed by atoms with Gasteiger partial charge in [-0.25, -0.2) is 0 Å². The highest BCUT2D eigenvalue weighted by Crippen LogP contribution is 2.24. The summed E-state index contributed by atoms with van der Waals surface area (Å²) in [5.41, 5.74) is 1.68. The monoisotopic (exact) mass is 270 g/mol. The molecule has 0 saturated heterocycles. The molecule has 0 saturated carbocycles. The number of carbonyl (C=O) groups is 1. The molecular formula is C15H14N2O3. The van der Waals surface area contributed by atoms with E-state index in [2.05, 4.69) is 4.98 Å². The summed E-state index contributed by atoms with van der Waals surface area (Å²) >= 11 is 0. The Morgan fingerprint density at radius 3 is 2.65 bits per heavy atom. The molecule has 0 radical (unpaired) electrons. The van der Waals surface area contributed by atoms with Crippen LogP contribution in [0.15, 0.2) is 42.6 Å². The molecule has 1 atom stereocenters. The summed E-state index contributed by atoms with van der Waals surface area (Å²) in [5.74, 6) is -0.596. The number of aryl methyl sites for hydroxylation is 1. The van der Waals surface area contributed by atoms with Crippen LogP contribution in [0.1, 0.15) is 34.5 Å². The van der Waals surface area contributed by atoms with Crippen molar-refractivity contribution in [2.24, 2.45) is 0 Å². The highest BCUT2D eigenvalue weighted by Gasteiger charge is 2.21. The van der Waals surface area contributed by atoms with Gasteiger partial charge in [0.25, 0.3) is 5.69 Å². The Labute approximate surface area is 116 Å². The van der Waals surface area contributed by atoms with Crippen molar-refractivity contribution in [1.29, 1.82) is 0 Å². The lowest BCUT2D eigenvalue weighted by molar-refractivity contribution is -0.384. The molecule has 0 N–H and O–H groups in total. The summed E-state index contributed by atoms with van der Waals surface area (Å²) in [4.78, 5) is 26.9. The molecular weight excluding hydrogens is 256 g/mol. The van der Waals surface area contributed by atoms with Crippen molar-refractivity contribution >= 4 is 11.5 Å². The smallest absolute Gasteiger partial charge is 0.270 e. The van der Waals surface area contributed by atoms with Crippen LogP contribution in [0.25, 0.3) is 0 Å². The van der Waals surface area contributed by atoms with Gasteiger partial charge in [0.15, 0.2) is 5.78 Å². The number of nitrogens with zero attached hydrogens (tertiary/aromatic N) is 2. The molecule has 1 heterocycles. The predicted molar refractivity (Wildman–Crippen MR) is 74.8 cm³/mol. The maximum atomic E-state index is 12.5. The number of hydrogen-bond acceptors (Lipinski definition) is 4. The molecule has 2 aromatic rings. The maximum Gasteiger partial charge on any atom is 0.270 e. The quantitative estimate of drug-likeness (QED) is 0.485. The fourth-order valence-corrected chi connectivity index (χ4v) is 1.99.